The van der Waals surface area contributed by atoms with E-state index in [1.54, 1.807) is 24.3 Å². The van der Waals surface area contributed by atoms with Crippen LogP contribution in [0.2, 0.25) is 0 Å². The van der Waals surface area contributed by atoms with Crippen LogP contribution in [0.4, 0.5) is 5.69 Å². The molecule has 2 N–H and O–H groups in total. The fourth-order valence-corrected chi connectivity index (χ4v) is 2.72. The van der Waals surface area contributed by atoms with Crippen molar-refractivity contribution in [3.8, 4) is 0 Å². The number of benzene rings is 2. The van der Waals surface area contributed by atoms with Gasteiger partial charge in [0.1, 0.15) is 6.54 Å². The van der Waals surface area contributed by atoms with Gasteiger partial charge in [-0.3, -0.25) is 14.4 Å². The van der Waals surface area contributed by atoms with Gasteiger partial charge in [-0.25, -0.2) is 0 Å². The zero-order valence-corrected chi connectivity index (χ0v) is 18.2. The average molecular weight is 411 g/mol. The lowest BCUT2D eigenvalue weighted by atomic mass is 9.87. The fraction of sp³-hybridized carbons (Fsp3) is 0.375. The van der Waals surface area contributed by atoms with Crippen molar-refractivity contribution < 1.29 is 19.1 Å². The Morgan fingerprint density at radius 3 is 2.07 bits per heavy atom. The van der Waals surface area contributed by atoms with Crippen LogP contribution >= 0.6 is 0 Å². The molecule has 0 fully saturated rings. The molecule has 2 aromatic carbocycles. The number of ether oxygens (including phenoxy) is 1. The molecular formula is C24H30N2O4. The lowest BCUT2D eigenvalue weighted by molar-refractivity contribution is -0.146. The highest BCUT2D eigenvalue weighted by atomic mass is 16.5. The second kappa shape index (κ2) is 10.1. The third kappa shape index (κ3) is 7.03. The van der Waals surface area contributed by atoms with E-state index in [0.717, 1.165) is 5.56 Å². The molecule has 2 amide bonds. The second-order valence-electron chi connectivity index (χ2n) is 8.50. The van der Waals surface area contributed by atoms with Crippen LogP contribution in [0.5, 0.6) is 0 Å². The Bertz CT molecular complexity index is 879. The summed E-state index contributed by atoms with van der Waals surface area (Å²) in [4.78, 5) is 35.9. The number of carbonyl (C=O) groups is 3. The molecule has 0 aliphatic rings. The van der Waals surface area contributed by atoms with Crippen molar-refractivity contribution >= 4 is 23.5 Å². The van der Waals surface area contributed by atoms with E-state index < -0.39 is 18.5 Å². The highest BCUT2D eigenvalue weighted by Gasteiger charge is 2.15. The number of esters is 1. The van der Waals surface area contributed by atoms with Crippen molar-refractivity contribution in [1.82, 2.24) is 5.32 Å². The summed E-state index contributed by atoms with van der Waals surface area (Å²) in [7, 11) is 0. The minimum atomic E-state index is -0.681. The summed E-state index contributed by atoms with van der Waals surface area (Å²) in [6, 6.07) is 14.7. The van der Waals surface area contributed by atoms with Crippen molar-refractivity contribution in [3.63, 3.8) is 0 Å². The Morgan fingerprint density at radius 1 is 0.933 bits per heavy atom. The van der Waals surface area contributed by atoms with Crippen molar-refractivity contribution in [3.05, 3.63) is 65.2 Å². The summed E-state index contributed by atoms with van der Waals surface area (Å²) in [5.41, 5.74) is 3.37. The van der Waals surface area contributed by atoms with Gasteiger partial charge in [0.25, 0.3) is 11.8 Å². The van der Waals surface area contributed by atoms with E-state index in [1.807, 2.05) is 24.3 Å². The molecular weight excluding hydrogens is 380 g/mol. The number of rotatable bonds is 7. The topological polar surface area (TPSA) is 84.5 Å². The lowest BCUT2D eigenvalue weighted by Gasteiger charge is -2.19. The van der Waals surface area contributed by atoms with E-state index in [0.29, 0.717) is 17.2 Å². The van der Waals surface area contributed by atoms with E-state index in [4.69, 9.17) is 4.74 Å². The SMILES string of the molecule is CC(C)c1ccc(NC(=O)COC(=O)CNC(=O)c2ccc(C(C)(C)C)cc2)cc1. The van der Waals surface area contributed by atoms with Gasteiger partial charge in [-0.2, -0.15) is 0 Å². The number of hydrogen-bond acceptors (Lipinski definition) is 4. The quantitative estimate of drug-likeness (QED) is 0.675. The fourth-order valence-electron chi connectivity index (χ4n) is 2.72. The summed E-state index contributed by atoms with van der Waals surface area (Å²) in [6.07, 6.45) is 0. The molecule has 6 nitrogen and oxygen atoms in total. The number of anilines is 1. The van der Waals surface area contributed by atoms with E-state index in [2.05, 4.69) is 45.3 Å². The smallest absolute Gasteiger partial charge is 0.325 e. The van der Waals surface area contributed by atoms with E-state index in [1.165, 1.54) is 5.56 Å². The van der Waals surface area contributed by atoms with Gasteiger partial charge in [0.2, 0.25) is 0 Å². The minimum Gasteiger partial charge on any atom is -0.454 e. The van der Waals surface area contributed by atoms with Crippen LogP contribution in [0.15, 0.2) is 48.5 Å². The standard InChI is InChI=1S/C24H30N2O4/c1-16(2)17-8-12-20(13-9-17)26-21(27)15-30-22(28)14-25-23(29)18-6-10-19(11-7-18)24(3,4)5/h6-13,16H,14-15H2,1-5H3,(H,25,29)(H,26,27). The van der Waals surface area contributed by atoms with Gasteiger partial charge in [-0.15, -0.1) is 0 Å². The van der Waals surface area contributed by atoms with Gasteiger partial charge in [0, 0.05) is 11.3 Å². The van der Waals surface area contributed by atoms with Gasteiger partial charge < -0.3 is 15.4 Å². The molecule has 0 saturated heterocycles. The summed E-state index contributed by atoms with van der Waals surface area (Å²) in [5, 5.41) is 5.17. The number of carbonyl (C=O) groups excluding carboxylic acids is 3. The Hall–Kier alpha value is -3.15. The lowest BCUT2D eigenvalue weighted by Crippen LogP contribution is -2.32. The Kier molecular flexibility index (Phi) is 7.75. The van der Waals surface area contributed by atoms with Gasteiger partial charge in [0.15, 0.2) is 6.61 Å². The van der Waals surface area contributed by atoms with Crippen LogP contribution in [0.3, 0.4) is 0 Å². The highest BCUT2D eigenvalue weighted by Crippen LogP contribution is 2.22. The molecule has 2 rings (SSSR count). The van der Waals surface area contributed by atoms with Crippen molar-refractivity contribution in [2.24, 2.45) is 0 Å². The third-order valence-electron chi connectivity index (χ3n) is 4.63. The first-order valence-corrected chi connectivity index (χ1v) is 10.0. The Balaban J connectivity index is 1.75. The molecule has 0 atom stereocenters. The van der Waals surface area contributed by atoms with Gasteiger partial charge in [0.05, 0.1) is 0 Å². The summed E-state index contributed by atoms with van der Waals surface area (Å²) < 4.78 is 4.92. The first-order chi connectivity index (χ1) is 14.1. The Morgan fingerprint density at radius 2 is 1.53 bits per heavy atom. The molecule has 0 aliphatic heterocycles. The van der Waals surface area contributed by atoms with Crippen molar-refractivity contribution in [2.75, 3.05) is 18.5 Å². The maximum absolute atomic E-state index is 12.2. The van der Waals surface area contributed by atoms with E-state index >= 15 is 0 Å². The summed E-state index contributed by atoms with van der Waals surface area (Å²) in [5.74, 6) is -1.09. The predicted octanol–water partition coefficient (Wildman–Crippen LogP) is 4.02. The Labute approximate surface area is 178 Å². The number of nitrogens with one attached hydrogen (secondary N) is 2. The molecule has 0 radical (unpaired) electrons. The predicted molar refractivity (Wildman–Crippen MR) is 118 cm³/mol. The molecule has 0 spiro atoms. The molecule has 6 heteroatoms. The van der Waals surface area contributed by atoms with Crippen LogP contribution in [-0.4, -0.2) is 30.9 Å². The molecule has 0 heterocycles. The first-order valence-electron chi connectivity index (χ1n) is 10.0. The molecule has 0 aliphatic carbocycles. The second-order valence-corrected chi connectivity index (χ2v) is 8.50. The monoisotopic (exact) mass is 410 g/mol. The average Bonchev–Trinajstić information content (AvgIpc) is 2.70. The van der Waals surface area contributed by atoms with E-state index in [-0.39, 0.29) is 17.9 Å². The van der Waals surface area contributed by atoms with Crippen molar-refractivity contribution in [1.29, 1.82) is 0 Å². The molecule has 0 bridgehead atoms. The largest absolute Gasteiger partial charge is 0.454 e. The summed E-state index contributed by atoms with van der Waals surface area (Å²) in [6.45, 7) is 9.73. The molecule has 2 aromatic rings. The van der Waals surface area contributed by atoms with Gasteiger partial charge in [-0.05, 0) is 46.7 Å². The maximum atomic E-state index is 12.2. The van der Waals surface area contributed by atoms with Crippen LogP contribution in [0.25, 0.3) is 0 Å². The highest BCUT2D eigenvalue weighted by molar-refractivity contribution is 5.96. The zero-order valence-electron chi connectivity index (χ0n) is 18.2. The van der Waals surface area contributed by atoms with Gasteiger partial charge >= 0.3 is 5.97 Å². The molecule has 30 heavy (non-hydrogen) atoms. The maximum Gasteiger partial charge on any atom is 0.325 e. The molecule has 160 valence electrons. The third-order valence-corrected chi connectivity index (χ3v) is 4.63. The molecule has 0 saturated carbocycles. The van der Waals surface area contributed by atoms with Crippen molar-refractivity contribution in [2.45, 2.75) is 46.0 Å². The van der Waals surface area contributed by atoms with Crippen LogP contribution in [0.1, 0.15) is 62.0 Å². The van der Waals surface area contributed by atoms with Crippen LogP contribution < -0.4 is 10.6 Å². The minimum absolute atomic E-state index is 0.00412. The van der Waals surface area contributed by atoms with Crippen LogP contribution in [-0.2, 0) is 19.7 Å². The van der Waals surface area contributed by atoms with E-state index in [9.17, 15) is 14.4 Å². The first kappa shape index (κ1) is 23.1. The van der Waals surface area contributed by atoms with Crippen LogP contribution in [0, 0.1) is 0 Å². The number of amides is 2. The normalized spacial score (nSPS) is 11.1. The molecule has 0 aromatic heterocycles. The number of hydrogen-bond donors (Lipinski definition) is 2. The van der Waals surface area contributed by atoms with Gasteiger partial charge in [-0.1, -0.05) is 58.9 Å². The summed E-state index contributed by atoms with van der Waals surface area (Å²) >= 11 is 0. The zero-order chi connectivity index (χ0) is 22.3. The molecule has 0 unspecified atom stereocenters.